The smallest absolute Gasteiger partial charge is 0.172 e. The van der Waals surface area contributed by atoms with E-state index >= 15 is 0 Å². The maximum atomic E-state index is 11.4. The van der Waals surface area contributed by atoms with Gasteiger partial charge in [0.15, 0.2) is 5.78 Å². The first-order valence-corrected chi connectivity index (χ1v) is 6.00. The van der Waals surface area contributed by atoms with Crippen molar-refractivity contribution in [2.45, 2.75) is 19.3 Å². The van der Waals surface area contributed by atoms with Crippen LogP contribution in [0.2, 0.25) is 0 Å². The average Bonchev–Trinajstić information content (AvgIpc) is 2.26. The lowest BCUT2D eigenvalue weighted by Crippen LogP contribution is -2.11. The van der Waals surface area contributed by atoms with E-state index in [-0.39, 0.29) is 5.78 Å². The Bertz CT molecular complexity index is 395. The molecule has 0 heterocycles. The molecule has 78 valence electrons. The van der Waals surface area contributed by atoms with Crippen LogP contribution < -0.4 is 4.74 Å². The SMILES string of the molecule is O=C1CCCC(Oc2ccccc2)=C1I. The summed E-state index contributed by atoms with van der Waals surface area (Å²) < 4.78 is 6.44. The van der Waals surface area contributed by atoms with E-state index in [9.17, 15) is 4.79 Å². The third-order valence-electron chi connectivity index (χ3n) is 2.28. The molecule has 2 nitrogen and oxygen atoms in total. The molecule has 3 heteroatoms. The molecule has 0 saturated carbocycles. The van der Waals surface area contributed by atoms with Crippen molar-refractivity contribution in [1.29, 1.82) is 0 Å². The number of halogens is 1. The lowest BCUT2D eigenvalue weighted by atomic mass is 10.1. The van der Waals surface area contributed by atoms with Crippen LogP contribution >= 0.6 is 22.6 Å². The third-order valence-corrected chi connectivity index (χ3v) is 3.48. The van der Waals surface area contributed by atoms with Crippen LogP contribution in [0.25, 0.3) is 0 Å². The van der Waals surface area contributed by atoms with E-state index in [1.165, 1.54) is 0 Å². The lowest BCUT2D eigenvalue weighted by Gasteiger charge is -2.16. The molecule has 1 aliphatic carbocycles. The molecule has 0 unspecified atom stereocenters. The summed E-state index contributed by atoms with van der Waals surface area (Å²) in [4.78, 5) is 11.4. The highest BCUT2D eigenvalue weighted by Crippen LogP contribution is 2.28. The molecule has 15 heavy (non-hydrogen) atoms. The van der Waals surface area contributed by atoms with Gasteiger partial charge in [-0.25, -0.2) is 0 Å². The van der Waals surface area contributed by atoms with Gasteiger partial charge in [0.1, 0.15) is 11.5 Å². The van der Waals surface area contributed by atoms with Crippen molar-refractivity contribution in [2.75, 3.05) is 0 Å². The van der Waals surface area contributed by atoms with Crippen LogP contribution in [-0.4, -0.2) is 5.78 Å². The maximum Gasteiger partial charge on any atom is 0.172 e. The topological polar surface area (TPSA) is 26.3 Å². The minimum absolute atomic E-state index is 0.202. The van der Waals surface area contributed by atoms with Gasteiger partial charge in [0, 0.05) is 12.8 Å². The van der Waals surface area contributed by atoms with E-state index < -0.39 is 0 Å². The second kappa shape index (κ2) is 4.79. The average molecular weight is 314 g/mol. The number of ether oxygens (including phenoxy) is 1. The predicted molar refractivity (Wildman–Crippen MR) is 67.0 cm³/mol. The maximum absolute atomic E-state index is 11.4. The van der Waals surface area contributed by atoms with E-state index in [4.69, 9.17) is 4.74 Å². The highest BCUT2D eigenvalue weighted by Gasteiger charge is 2.19. The van der Waals surface area contributed by atoms with Crippen molar-refractivity contribution in [2.24, 2.45) is 0 Å². The van der Waals surface area contributed by atoms with Crippen LogP contribution in [0.5, 0.6) is 5.75 Å². The number of para-hydroxylation sites is 1. The molecule has 1 aliphatic rings. The zero-order valence-electron chi connectivity index (χ0n) is 8.20. The Morgan fingerprint density at radius 1 is 1.13 bits per heavy atom. The summed E-state index contributed by atoms with van der Waals surface area (Å²) >= 11 is 2.08. The molecular formula is C12H11IO2. The number of hydrogen-bond acceptors (Lipinski definition) is 2. The summed E-state index contributed by atoms with van der Waals surface area (Å²) in [5.74, 6) is 1.82. The summed E-state index contributed by atoms with van der Waals surface area (Å²) in [5.41, 5.74) is 0. The first-order chi connectivity index (χ1) is 7.27. The van der Waals surface area contributed by atoms with Crippen LogP contribution in [0.3, 0.4) is 0 Å². The van der Waals surface area contributed by atoms with E-state index in [2.05, 4.69) is 22.6 Å². The summed E-state index contributed by atoms with van der Waals surface area (Å²) in [5, 5.41) is 0. The van der Waals surface area contributed by atoms with Gasteiger partial charge in [0.05, 0.1) is 3.58 Å². The summed E-state index contributed by atoms with van der Waals surface area (Å²) in [6.07, 6.45) is 2.41. The first kappa shape index (κ1) is 10.7. The predicted octanol–water partition coefficient (Wildman–Crippen LogP) is 3.47. The summed E-state index contributed by atoms with van der Waals surface area (Å²) in [7, 11) is 0. The van der Waals surface area contributed by atoms with Crippen LogP contribution in [0, 0.1) is 0 Å². The van der Waals surface area contributed by atoms with Crippen molar-refractivity contribution < 1.29 is 9.53 Å². The van der Waals surface area contributed by atoms with Crippen LogP contribution in [0.4, 0.5) is 0 Å². The second-order valence-corrected chi connectivity index (χ2v) is 4.51. The second-order valence-electron chi connectivity index (χ2n) is 3.43. The molecule has 0 N–H and O–H groups in total. The quantitative estimate of drug-likeness (QED) is 0.782. The number of carbonyl (C=O) groups excluding carboxylic acids is 1. The van der Waals surface area contributed by atoms with Crippen molar-refractivity contribution in [3.8, 4) is 5.75 Å². The molecule has 0 spiro atoms. The molecule has 0 aromatic heterocycles. The van der Waals surface area contributed by atoms with Gasteiger partial charge in [-0.05, 0) is 41.1 Å². The van der Waals surface area contributed by atoms with Crippen LogP contribution in [-0.2, 0) is 4.79 Å². The molecule has 0 bridgehead atoms. The first-order valence-electron chi connectivity index (χ1n) is 4.92. The normalized spacial score (nSPS) is 16.7. The number of benzene rings is 1. The number of carbonyl (C=O) groups is 1. The molecule has 0 fully saturated rings. The van der Waals surface area contributed by atoms with Gasteiger partial charge in [0.25, 0.3) is 0 Å². The summed E-state index contributed by atoms with van der Waals surface area (Å²) in [6.45, 7) is 0. The highest BCUT2D eigenvalue weighted by molar-refractivity contribution is 14.1. The number of ketones is 1. The Labute approximate surface area is 102 Å². The molecule has 1 aromatic rings. The Kier molecular flexibility index (Phi) is 3.41. The van der Waals surface area contributed by atoms with Crippen molar-refractivity contribution in [3.63, 3.8) is 0 Å². The molecule has 1 aromatic carbocycles. The highest BCUT2D eigenvalue weighted by atomic mass is 127. The zero-order valence-corrected chi connectivity index (χ0v) is 10.4. The van der Waals surface area contributed by atoms with Gasteiger partial charge in [-0.3, -0.25) is 4.79 Å². The minimum atomic E-state index is 0.202. The van der Waals surface area contributed by atoms with Crippen LogP contribution in [0.1, 0.15) is 19.3 Å². The Hall–Kier alpha value is -0.840. The fraction of sp³-hybridized carbons (Fsp3) is 0.250. The Morgan fingerprint density at radius 2 is 1.87 bits per heavy atom. The lowest BCUT2D eigenvalue weighted by molar-refractivity contribution is -0.115. The van der Waals surface area contributed by atoms with Gasteiger partial charge < -0.3 is 4.74 Å². The monoisotopic (exact) mass is 314 g/mol. The third kappa shape index (κ3) is 2.59. The van der Waals surface area contributed by atoms with Crippen molar-refractivity contribution in [3.05, 3.63) is 39.7 Å². The van der Waals surface area contributed by atoms with Gasteiger partial charge in [-0.2, -0.15) is 0 Å². The zero-order chi connectivity index (χ0) is 10.7. The molecule has 2 rings (SSSR count). The standard InChI is InChI=1S/C12H11IO2/c13-12-10(14)7-4-8-11(12)15-9-5-2-1-3-6-9/h1-3,5-6H,4,7-8H2. The molecule has 0 radical (unpaired) electrons. The molecule has 0 amide bonds. The molecule has 0 aliphatic heterocycles. The molecule has 0 saturated heterocycles. The van der Waals surface area contributed by atoms with Crippen LogP contribution in [0.15, 0.2) is 39.7 Å². The van der Waals surface area contributed by atoms with Crippen molar-refractivity contribution >= 4 is 28.4 Å². The van der Waals surface area contributed by atoms with Gasteiger partial charge in [-0.1, -0.05) is 18.2 Å². The summed E-state index contributed by atoms with van der Waals surface area (Å²) in [6, 6.07) is 9.59. The Morgan fingerprint density at radius 3 is 2.60 bits per heavy atom. The molecule has 0 atom stereocenters. The van der Waals surface area contributed by atoms with Gasteiger partial charge >= 0.3 is 0 Å². The fourth-order valence-electron chi connectivity index (χ4n) is 1.51. The van der Waals surface area contributed by atoms with Gasteiger partial charge in [-0.15, -0.1) is 0 Å². The van der Waals surface area contributed by atoms with E-state index in [0.29, 0.717) is 6.42 Å². The largest absolute Gasteiger partial charge is 0.460 e. The fourth-order valence-corrected chi connectivity index (χ4v) is 2.16. The van der Waals surface area contributed by atoms with Gasteiger partial charge in [0.2, 0.25) is 0 Å². The Balaban J connectivity index is 2.18. The van der Waals surface area contributed by atoms with Crippen molar-refractivity contribution in [1.82, 2.24) is 0 Å². The number of Topliss-reactive ketones (excluding diaryl/α,β-unsaturated/α-hetero) is 1. The van der Waals surface area contributed by atoms with E-state index in [1.54, 1.807) is 0 Å². The number of rotatable bonds is 2. The van der Waals surface area contributed by atoms with E-state index in [0.717, 1.165) is 27.9 Å². The number of allylic oxidation sites excluding steroid dienone is 2. The molecular weight excluding hydrogens is 303 g/mol. The minimum Gasteiger partial charge on any atom is -0.460 e. The van der Waals surface area contributed by atoms with E-state index in [1.807, 2.05) is 30.3 Å². The number of hydrogen-bond donors (Lipinski definition) is 0.